The molecule has 0 bridgehead atoms. The predicted octanol–water partition coefficient (Wildman–Crippen LogP) is -0.894. The molecule has 0 unspecified atom stereocenters. The van der Waals surface area contributed by atoms with Crippen LogP contribution in [0.15, 0.2) is 10.4 Å². The van der Waals surface area contributed by atoms with Crippen LogP contribution in [0.25, 0.3) is 0 Å². The number of guanidine groups is 1. The number of hydrogen-bond donors (Lipinski definition) is 1. The van der Waals surface area contributed by atoms with Crippen LogP contribution >= 0.6 is 0 Å². The molecule has 8 nitrogen and oxygen atoms in total. The molecular weight excluding hydrogens is 142 g/mol. The van der Waals surface area contributed by atoms with Crippen molar-refractivity contribution < 1.29 is 5.03 Å². The Morgan fingerprint density at radius 1 is 1.80 bits per heavy atom. The molecule has 8 heteroatoms. The topological polar surface area (TPSA) is 114 Å². The normalized spacial score (nSPS) is 10.7. The summed E-state index contributed by atoms with van der Waals surface area (Å²) < 4.78 is 0. The highest BCUT2D eigenvalue weighted by atomic mass is 16.7. The minimum atomic E-state index is -0.829. The van der Waals surface area contributed by atoms with Crippen molar-refractivity contribution in [1.29, 1.82) is 0 Å². The molecule has 56 valence electrons. The van der Waals surface area contributed by atoms with E-state index in [4.69, 9.17) is 5.73 Å². The fraction of sp³-hybridized carbons (Fsp3) is 0.500. The maximum absolute atomic E-state index is 9.84. The number of nitro groups is 1. The largest absolute Gasteiger partial charge is 0.364 e. The number of hydrogen-bond acceptors (Lipinski definition) is 4. The summed E-state index contributed by atoms with van der Waals surface area (Å²) in [7, 11) is 1.05. The van der Waals surface area contributed by atoms with Gasteiger partial charge in [-0.05, 0) is 0 Å². The van der Waals surface area contributed by atoms with Crippen LogP contribution in [0.2, 0.25) is 0 Å². The fourth-order valence-corrected chi connectivity index (χ4v) is 0.190. The molecule has 0 aliphatic heterocycles. The smallest absolute Gasteiger partial charge is 0.281 e. The van der Waals surface area contributed by atoms with Gasteiger partial charge in [0.15, 0.2) is 5.03 Å². The van der Waals surface area contributed by atoms with Gasteiger partial charge in [-0.25, -0.2) is 10.1 Å². The second kappa shape index (κ2) is 3.33. The standard InChI is InChI=1S/C2H5N5O3/c1-6(7(9)10)2(3)4-5-8/h1H3,(H2,3,4,8). The van der Waals surface area contributed by atoms with E-state index in [1.54, 1.807) is 0 Å². The molecule has 0 saturated carbocycles. The highest BCUT2D eigenvalue weighted by Crippen LogP contribution is 1.81. The summed E-state index contributed by atoms with van der Waals surface area (Å²) in [6.45, 7) is 0. The van der Waals surface area contributed by atoms with E-state index in [2.05, 4.69) is 5.10 Å². The molecule has 0 aromatic heterocycles. The highest BCUT2D eigenvalue weighted by molar-refractivity contribution is 5.76. The average molecular weight is 147 g/mol. The van der Waals surface area contributed by atoms with E-state index in [-0.39, 0.29) is 0 Å². The lowest BCUT2D eigenvalue weighted by Gasteiger charge is -2.02. The van der Waals surface area contributed by atoms with E-state index in [1.165, 1.54) is 0 Å². The van der Waals surface area contributed by atoms with Crippen LogP contribution in [-0.4, -0.2) is 23.0 Å². The van der Waals surface area contributed by atoms with Gasteiger partial charge in [0.2, 0.25) is 0 Å². The maximum Gasteiger partial charge on any atom is 0.281 e. The number of nitrogens with zero attached hydrogens (tertiary/aromatic N) is 4. The van der Waals surface area contributed by atoms with E-state index in [0.29, 0.717) is 5.01 Å². The first-order valence-electron chi connectivity index (χ1n) is 2.13. The highest BCUT2D eigenvalue weighted by Gasteiger charge is 2.11. The molecule has 0 heterocycles. The van der Waals surface area contributed by atoms with Crippen molar-refractivity contribution in [3.63, 3.8) is 0 Å². The van der Waals surface area contributed by atoms with Crippen molar-refractivity contribution in [2.75, 3.05) is 7.05 Å². The molecule has 0 aromatic rings. The van der Waals surface area contributed by atoms with Gasteiger partial charge < -0.3 is 5.73 Å². The number of nitrogens with two attached hydrogens (primary N) is 1. The third-order valence-electron chi connectivity index (χ3n) is 0.720. The lowest BCUT2D eigenvalue weighted by molar-refractivity contribution is -0.623. The van der Waals surface area contributed by atoms with E-state index >= 15 is 0 Å². The molecule has 2 N–H and O–H groups in total. The van der Waals surface area contributed by atoms with Gasteiger partial charge in [0.25, 0.3) is 5.96 Å². The Bertz CT molecular complexity index is 176. The second-order valence-corrected chi connectivity index (χ2v) is 1.30. The molecule has 0 aromatic carbocycles. The third kappa shape index (κ3) is 2.03. The number of nitroso groups, excluding NO2 is 1. The first-order chi connectivity index (χ1) is 4.59. The summed E-state index contributed by atoms with van der Waals surface area (Å²) in [6, 6.07) is 0. The Kier molecular flexibility index (Phi) is 2.75. The first kappa shape index (κ1) is 8.27. The molecular formula is C2H5N5O3. The van der Waals surface area contributed by atoms with Gasteiger partial charge in [-0.15, -0.1) is 4.91 Å². The van der Waals surface area contributed by atoms with Gasteiger partial charge in [-0.1, -0.05) is 10.1 Å². The number of hydrazine groups is 1. The maximum atomic E-state index is 9.84. The monoisotopic (exact) mass is 147 g/mol. The van der Waals surface area contributed by atoms with Gasteiger partial charge in [0.1, 0.15) is 0 Å². The summed E-state index contributed by atoms with van der Waals surface area (Å²) in [5.74, 6) is -0.556. The molecule has 0 saturated heterocycles. The van der Waals surface area contributed by atoms with Crippen molar-refractivity contribution >= 4 is 5.96 Å². The lowest BCUT2D eigenvalue weighted by atomic mass is 10.9. The summed E-state index contributed by atoms with van der Waals surface area (Å²) in [5.41, 5.74) is 4.87. The SMILES string of the molecule is CN(C(N)=NN=O)[N+](=O)[O-]. The van der Waals surface area contributed by atoms with E-state index < -0.39 is 11.0 Å². The molecule has 0 aliphatic carbocycles. The molecule has 0 spiro atoms. The minimum Gasteiger partial charge on any atom is -0.364 e. The molecule has 0 atom stereocenters. The Morgan fingerprint density at radius 3 is 2.60 bits per heavy atom. The summed E-state index contributed by atoms with van der Waals surface area (Å²) in [6.07, 6.45) is 0. The zero-order valence-corrected chi connectivity index (χ0v) is 5.09. The van der Waals surface area contributed by atoms with Crippen LogP contribution in [0.4, 0.5) is 0 Å². The van der Waals surface area contributed by atoms with Crippen molar-refractivity contribution in [2.45, 2.75) is 0 Å². The third-order valence-corrected chi connectivity index (χ3v) is 0.720. The van der Waals surface area contributed by atoms with Gasteiger partial charge >= 0.3 is 0 Å². The fourth-order valence-electron chi connectivity index (χ4n) is 0.190. The minimum absolute atomic E-state index is 0.376. The van der Waals surface area contributed by atoms with Crippen molar-refractivity contribution in [1.82, 2.24) is 5.01 Å². The number of rotatable bonds is 2. The van der Waals surface area contributed by atoms with Gasteiger partial charge in [0, 0.05) is 0 Å². The van der Waals surface area contributed by atoms with Crippen LogP contribution in [0, 0.1) is 15.0 Å². The lowest BCUT2D eigenvalue weighted by Crippen LogP contribution is -2.37. The summed E-state index contributed by atoms with van der Waals surface area (Å²) >= 11 is 0. The van der Waals surface area contributed by atoms with Gasteiger partial charge in [0.05, 0.1) is 12.3 Å². The van der Waals surface area contributed by atoms with Crippen LogP contribution in [0.5, 0.6) is 0 Å². The van der Waals surface area contributed by atoms with Crippen LogP contribution in [0.3, 0.4) is 0 Å². The van der Waals surface area contributed by atoms with Crippen molar-refractivity contribution in [3.8, 4) is 0 Å². The zero-order chi connectivity index (χ0) is 8.15. The summed E-state index contributed by atoms with van der Waals surface area (Å²) in [5, 5.41) is 14.1. The van der Waals surface area contributed by atoms with Crippen molar-refractivity contribution in [2.24, 2.45) is 16.1 Å². The molecule has 0 aliphatic rings. The van der Waals surface area contributed by atoms with E-state index in [0.717, 1.165) is 7.05 Å². The van der Waals surface area contributed by atoms with Gasteiger partial charge in [-0.3, -0.25) is 0 Å². The van der Waals surface area contributed by atoms with Crippen molar-refractivity contribution in [3.05, 3.63) is 15.0 Å². The molecule has 10 heavy (non-hydrogen) atoms. The van der Waals surface area contributed by atoms with Gasteiger partial charge in [-0.2, -0.15) is 0 Å². The average Bonchev–Trinajstić information content (AvgIpc) is 1.87. The van der Waals surface area contributed by atoms with E-state index in [1.807, 2.05) is 5.29 Å². The summed E-state index contributed by atoms with van der Waals surface area (Å²) in [4.78, 5) is 19.2. The zero-order valence-electron chi connectivity index (χ0n) is 5.09. The Morgan fingerprint density at radius 2 is 2.30 bits per heavy atom. The molecule has 0 radical (unpaired) electrons. The first-order valence-corrected chi connectivity index (χ1v) is 2.13. The van der Waals surface area contributed by atoms with Crippen LogP contribution in [-0.2, 0) is 0 Å². The Balaban J connectivity index is 4.19. The Hall–Kier alpha value is -1.73. The molecule has 0 rings (SSSR count). The van der Waals surface area contributed by atoms with Crippen LogP contribution in [0.1, 0.15) is 0 Å². The second-order valence-electron chi connectivity index (χ2n) is 1.30. The van der Waals surface area contributed by atoms with E-state index in [9.17, 15) is 15.0 Å². The Labute approximate surface area is 55.4 Å². The predicted molar refractivity (Wildman–Crippen MR) is 32.2 cm³/mol. The molecule has 0 amide bonds. The quantitative estimate of drug-likeness (QED) is 0.179. The van der Waals surface area contributed by atoms with Crippen LogP contribution < -0.4 is 5.73 Å². The molecule has 0 fully saturated rings.